The Morgan fingerprint density at radius 2 is 1.83 bits per heavy atom. The summed E-state index contributed by atoms with van der Waals surface area (Å²) in [4.78, 5) is 0. The van der Waals surface area contributed by atoms with Crippen LogP contribution in [0.3, 0.4) is 0 Å². The predicted molar refractivity (Wildman–Crippen MR) is 62.9 cm³/mol. The first-order chi connectivity index (χ1) is 5.43. The fourth-order valence-corrected chi connectivity index (χ4v) is 5.89. The summed E-state index contributed by atoms with van der Waals surface area (Å²) in [6, 6.07) is 0. The first-order valence-corrected chi connectivity index (χ1v) is 10.2. The molecule has 0 amide bonds. The van der Waals surface area contributed by atoms with Crippen molar-refractivity contribution in [3.8, 4) is 0 Å². The van der Waals surface area contributed by atoms with Crippen molar-refractivity contribution in [2.45, 2.75) is 26.1 Å². The summed E-state index contributed by atoms with van der Waals surface area (Å²) in [6.07, 6.45) is 5.95. The fourth-order valence-electron chi connectivity index (χ4n) is 1.60. The normalized spacial score (nSPS) is 18.2. The minimum atomic E-state index is -1.04. The van der Waals surface area contributed by atoms with Crippen LogP contribution in [0, 0.1) is 0 Å². The Balaban J connectivity index is 2.98. The van der Waals surface area contributed by atoms with Gasteiger partial charge in [0.05, 0.1) is 8.07 Å². The smallest absolute Gasteiger partial charge is 0.0780 e. The van der Waals surface area contributed by atoms with Crippen LogP contribution in [-0.4, -0.2) is 21.4 Å². The Bertz CT molecular complexity index is 231. The van der Waals surface area contributed by atoms with Gasteiger partial charge in [-0.1, -0.05) is 44.9 Å². The molecule has 0 aromatic carbocycles. The summed E-state index contributed by atoms with van der Waals surface area (Å²) >= 11 is 0. The van der Waals surface area contributed by atoms with Crippen LogP contribution < -0.4 is 0 Å². The van der Waals surface area contributed by atoms with Gasteiger partial charge in [0.15, 0.2) is 0 Å². The van der Waals surface area contributed by atoms with E-state index in [9.17, 15) is 0 Å². The third-order valence-corrected chi connectivity index (χ3v) is 6.05. The van der Waals surface area contributed by atoms with E-state index in [1.165, 1.54) is 6.42 Å². The Labute approximate surface area is 78.5 Å². The van der Waals surface area contributed by atoms with Gasteiger partial charge in [0.1, 0.15) is 0 Å². The van der Waals surface area contributed by atoms with Gasteiger partial charge in [0, 0.05) is 0 Å². The Kier molecular flexibility index (Phi) is 2.95. The van der Waals surface area contributed by atoms with E-state index in [0.717, 1.165) is 0 Å². The predicted octanol–water partition coefficient (Wildman–Crippen LogP) is 3.82. The zero-order valence-electron chi connectivity index (χ0n) is 8.81. The molecule has 12 heavy (non-hydrogen) atoms. The number of rotatable bonds is 2. The topological polar surface area (TPSA) is 0 Å². The lowest BCUT2D eigenvalue weighted by Crippen LogP contribution is -2.23. The van der Waals surface area contributed by atoms with E-state index in [-0.39, 0.29) is 7.92 Å². The van der Waals surface area contributed by atoms with Gasteiger partial charge >= 0.3 is 0 Å². The Morgan fingerprint density at radius 3 is 2.17 bits per heavy atom. The summed E-state index contributed by atoms with van der Waals surface area (Å²) < 4.78 is 0. The maximum atomic E-state index is 2.44. The largest absolute Gasteiger partial charge is 0.0859 e. The zero-order chi connectivity index (χ0) is 9.35. The molecule has 0 aromatic rings. The third-order valence-electron chi connectivity index (χ3n) is 2.25. The molecule has 0 radical (unpaired) electrons. The van der Waals surface area contributed by atoms with Gasteiger partial charge in [-0.3, -0.25) is 0 Å². The monoisotopic (exact) mass is 198 g/mol. The van der Waals surface area contributed by atoms with Crippen LogP contribution >= 0.6 is 7.92 Å². The molecule has 0 saturated carbocycles. The van der Waals surface area contributed by atoms with E-state index < -0.39 is 8.07 Å². The lowest BCUT2D eigenvalue weighted by atomic mass is 10.5. The Morgan fingerprint density at radius 1 is 1.25 bits per heavy atom. The van der Waals surface area contributed by atoms with Crippen LogP contribution in [0.5, 0.6) is 0 Å². The van der Waals surface area contributed by atoms with Crippen molar-refractivity contribution in [3.05, 3.63) is 22.7 Å². The van der Waals surface area contributed by atoms with E-state index in [1.807, 2.05) is 0 Å². The van der Waals surface area contributed by atoms with Crippen molar-refractivity contribution in [2.24, 2.45) is 0 Å². The highest BCUT2D eigenvalue weighted by molar-refractivity contribution is 7.60. The highest BCUT2D eigenvalue weighted by atomic mass is 31.1. The maximum Gasteiger partial charge on any atom is 0.0780 e. The van der Waals surface area contributed by atoms with Crippen LogP contribution in [0.25, 0.3) is 0 Å². The molecule has 1 aliphatic carbocycles. The zero-order valence-corrected chi connectivity index (χ0v) is 10.7. The first-order valence-electron chi connectivity index (χ1n) is 4.50. The molecule has 1 aliphatic rings. The van der Waals surface area contributed by atoms with Gasteiger partial charge in [-0.25, -0.2) is 0 Å². The lowest BCUT2D eigenvalue weighted by molar-refractivity contribution is 1.39. The van der Waals surface area contributed by atoms with E-state index in [4.69, 9.17) is 0 Å². The molecular formula is C10H19PSi. The average Bonchev–Trinajstić information content (AvgIpc) is 2.30. The van der Waals surface area contributed by atoms with Crippen LogP contribution in [0.2, 0.25) is 19.6 Å². The van der Waals surface area contributed by atoms with Crippen molar-refractivity contribution < 1.29 is 0 Å². The van der Waals surface area contributed by atoms with Gasteiger partial charge in [0.2, 0.25) is 0 Å². The van der Waals surface area contributed by atoms with Crippen molar-refractivity contribution in [1.29, 1.82) is 0 Å². The standard InChI is InChI=1S/C10H19PSi/c1-11(2)9-7-6-8-10(9)12(3,4)5/h6,8H,7H2,1-5H3. The van der Waals surface area contributed by atoms with Gasteiger partial charge in [0.25, 0.3) is 0 Å². The van der Waals surface area contributed by atoms with Crippen LogP contribution in [-0.2, 0) is 0 Å². The van der Waals surface area contributed by atoms with Gasteiger partial charge in [-0.05, 0) is 25.1 Å². The second-order valence-electron chi connectivity index (χ2n) is 4.61. The van der Waals surface area contributed by atoms with E-state index in [0.29, 0.717) is 0 Å². The molecule has 1 rings (SSSR count). The minimum absolute atomic E-state index is 0.147. The number of hydrogen-bond donors (Lipinski definition) is 0. The molecule has 0 aromatic heterocycles. The summed E-state index contributed by atoms with van der Waals surface area (Å²) in [6.45, 7) is 12.1. The fraction of sp³-hybridized carbons (Fsp3) is 0.600. The van der Waals surface area contributed by atoms with Crippen LogP contribution in [0.15, 0.2) is 22.7 Å². The molecule has 68 valence electrons. The number of hydrogen-bond acceptors (Lipinski definition) is 0. The summed E-state index contributed by atoms with van der Waals surface area (Å²) in [5, 5.41) is 3.47. The SMILES string of the molecule is CP(C)C1=C([Si](C)(C)C)C=CC1. The number of allylic oxidation sites excluding steroid dienone is 4. The van der Waals surface area contributed by atoms with Gasteiger partial charge < -0.3 is 0 Å². The second-order valence-corrected chi connectivity index (χ2v) is 12.0. The van der Waals surface area contributed by atoms with E-state index in [2.05, 4.69) is 45.1 Å². The molecule has 0 heterocycles. The minimum Gasteiger partial charge on any atom is -0.0859 e. The molecule has 0 spiro atoms. The molecule has 2 heteroatoms. The Hall–Kier alpha value is 0.127. The van der Waals surface area contributed by atoms with Crippen LogP contribution in [0.1, 0.15) is 6.42 Å². The molecule has 0 atom stereocenters. The lowest BCUT2D eigenvalue weighted by Gasteiger charge is -2.21. The molecule has 0 fully saturated rings. The van der Waals surface area contributed by atoms with Crippen molar-refractivity contribution in [3.63, 3.8) is 0 Å². The van der Waals surface area contributed by atoms with Crippen molar-refractivity contribution in [1.82, 2.24) is 0 Å². The average molecular weight is 198 g/mol. The van der Waals surface area contributed by atoms with Crippen LogP contribution in [0.4, 0.5) is 0 Å². The quantitative estimate of drug-likeness (QED) is 0.467. The van der Waals surface area contributed by atoms with E-state index >= 15 is 0 Å². The molecule has 0 unspecified atom stereocenters. The summed E-state index contributed by atoms with van der Waals surface area (Å²) in [7, 11) is -0.894. The van der Waals surface area contributed by atoms with Gasteiger partial charge in [-0.15, -0.1) is 0 Å². The molecule has 0 saturated heterocycles. The molecular weight excluding hydrogens is 179 g/mol. The molecule has 0 N–H and O–H groups in total. The molecule has 0 nitrogen and oxygen atoms in total. The third kappa shape index (κ3) is 2.08. The molecule has 0 aliphatic heterocycles. The van der Waals surface area contributed by atoms with Gasteiger partial charge in [-0.2, -0.15) is 0 Å². The maximum absolute atomic E-state index is 2.44. The first kappa shape index (κ1) is 10.2. The second kappa shape index (κ2) is 3.47. The highest BCUT2D eigenvalue weighted by Crippen LogP contribution is 2.46. The van der Waals surface area contributed by atoms with E-state index in [1.54, 1.807) is 10.5 Å². The molecule has 0 bridgehead atoms. The summed E-state index contributed by atoms with van der Waals surface area (Å²) in [5.74, 6) is 0. The van der Waals surface area contributed by atoms with Crippen molar-refractivity contribution >= 4 is 16.0 Å². The summed E-state index contributed by atoms with van der Waals surface area (Å²) in [5.41, 5.74) is 0. The van der Waals surface area contributed by atoms with Crippen molar-refractivity contribution in [2.75, 3.05) is 13.3 Å². The highest BCUT2D eigenvalue weighted by Gasteiger charge is 2.24.